The molecule has 1 heterocycles. The molecule has 6 nitrogen and oxygen atoms in total. The second kappa shape index (κ2) is 11.5. The third-order valence-electron chi connectivity index (χ3n) is 6.13. The van der Waals surface area contributed by atoms with Gasteiger partial charge in [-0.25, -0.2) is 4.39 Å². The normalized spacial score (nSPS) is 14.3. The number of halogens is 1. The van der Waals surface area contributed by atoms with Gasteiger partial charge in [0.1, 0.15) is 18.2 Å². The third kappa shape index (κ3) is 6.50. The Morgan fingerprint density at radius 3 is 2.60 bits per heavy atom. The zero-order chi connectivity index (χ0) is 24.8. The summed E-state index contributed by atoms with van der Waals surface area (Å²) in [7, 11) is 1.90. The maximum atomic E-state index is 14.3. The van der Waals surface area contributed by atoms with E-state index in [0.29, 0.717) is 23.9 Å². The molecule has 3 aromatic carbocycles. The maximum Gasteiger partial charge on any atom is 0.255 e. The molecule has 1 saturated heterocycles. The molecule has 0 bridgehead atoms. The number of hydrogen-bond donors (Lipinski definition) is 1. The average molecular weight is 480 g/mol. The summed E-state index contributed by atoms with van der Waals surface area (Å²) in [5.41, 5.74) is 1.62. The molecular weight excluding hydrogens is 445 g/mol. The molecule has 7 heteroatoms. The van der Waals surface area contributed by atoms with Gasteiger partial charge in [0.05, 0.1) is 13.2 Å². The molecule has 1 fully saturated rings. The van der Waals surface area contributed by atoms with Crippen molar-refractivity contribution in [2.75, 3.05) is 63.3 Å². The fourth-order valence-electron chi connectivity index (χ4n) is 4.39. The first-order chi connectivity index (χ1) is 16.9. The molecule has 1 aliphatic rings. The summed E-state index contributed by atoms with van der Waals surface area (Å²) in [5, 5.41) is 4.76. The van der Waals surface area contributed by atoms with Crippen molar-refractivity contribution in [3.05, 3.63) is 66.0 Å². The minimum atomic E-state index is -0.433. The zero-order valence-corrected chi connectivity index (χ0v) is 20.7. The molecule has 0 saturated carbocycles. The molecule has 3 aromatic rings. The van der Waals surface area contributed by atoms with Crippen LogP contribution in [0, 0.1) is 11.7 Å². The first-order valence-corrected chi connectivity index (χ1v) is 12.2. The molecule has 0 spiro atoms. The van der Waals surface area contributed by atoms with Crippen LogP contribution in [0.3, 0.4) is 0 Å². The van der Waals surface area contributed by atoms with Gasteiger partial charge in [0.2, 0.25) is 0 Å². The van der Waals surface area contributed by atoms with Gasteiger partial charge in [-0.05, 0) is 36.2 Å². The minimum Gasteiger partial charge on any atom is -0.492 e. The lowest BCUT2D eigenvalue weighted by atomic mass is 10.1. The van der Waals surface area contributed by atoms with Gasteiger partial charge in [-0.3, -0.25) is 9.69 Å². The highest BCUT2D eigenvalue weighted by molar-refractivity contribution is 6.10. The van der Waals surface area contributed by atoms with Crippen molar-refractivity contribution in [3.63, 3.8) is 0 Å². The van der Waals surface area contributed by atoms with E-state index in [1.165, 1.54) is 12.1 Å². The summed E-state index contributed by atoms with van der Waals surface area (Å²) in [6.07, 6.45) is 0. The summed E-state index contributed by atoms with van der Waals surface area (Å²) < 4.78 is 25.9. The molecule has 0 radical (unpaired) electrons. The molecule has 35 heavy (non-hydrogen) atoms. The fraction of sp³-hybridized carbons (Fsp3) is 0.393. The molecule has 0 aromatic heterocycles. The SMILES string of the molecule is CC(C)CN(C)c1cc(F)cc(C(=O)Nc2ccc(OCCN3CCOCC3)c3ccccc23)c1. The molecule has 186 valence electrons. The summed E-state index contributed by atoms with van der Waals surface area (Å²) in [6.45, 7) is 9.75. The van der Waals surface area contributed by atoms with Crippen LogP contribution >= 0.6 is 0 Å². The van der Waals surface area contributed by atoms with E-state index in [9.17, 15) is 9.18 Å². The van der Waals surface area contributed by atoms with Gasteiger partial charge in [-0.15, -0.1) is 0 Å². The number of rotatable bonds is 9. The van der Waals surface area contributed by atoms with Crippen LogP contribution in [0.1, 0.15) is 24.2 Å². The number of hydrogen-bond acceptors (Lipinski definition) is 5. The van der Waals surface area contributed by atoms with Crippen molar-refractivity contribution >= 4 is 28.1 Å². The molecule has 0 aliphatic carbocycles. The van der Waals surface area contributed by atoms with Gasteiger partial charge < -0.3 is 19.7 Å². The Morgan fingerprint density at radius 1 is 1.11 bits per heavy atom. The van der Waals surface area contributed by atoms with Crippen molar-refractivity contribution in [1.29, 1.82) is 0 Å². The van der Waals surface area contributed by atoms with Crippen LogP contribution in [0.2, 0.25) is 0 Å². The topological polar surface area (TPSA) is 54.0 Å². The first kappa shape index (κ1) is 24.9. The van der Waals surface area contributed by atoms with Crippen LogP contribution in [0.15, 0.2) is 54.6 Å². The minimum absolute atomic E-state index is 0.283. The van der Waals surface area contributed by atoms with Gasteiger partial charge in [0.25, 0.3) is 5.91 Å². The summed E-state index contributed by atoms with van der Waals surface area (Å²) in [4.78, 5) is 17.4. The summed E-state index contributed by atoms with van der Waals surface area (Å²) >= 11 is 0. The van der Waals surface area contributed by atoms with Gasteiger partial charge in [0.15, 0.2) is 0 Å². The highest BCUT2D eigenvalue weighted by atomic mass is 19.1. The Labute approximate surface area is 206 Å². The lowest BCUT2D eigenvalue weighted by Gasteiger charge is -2.26. The van der Waals surface area contributed by atoms with E-state index in [1.54, 1.807) is 6.07 Å². The van der Waals surface area contributed by atoms with Crippen molar-refractivity contribution in [3.8, 4) is 5.75 Å². The number of carbonyl (C=O) groups is 1. The number of benzene rings is 3. The highest BCUT2D eigenvalue weighted by Crippen LogP contribution is 2.32. The average Bonchev–Trinajstić information content (AvgIpc) is 2.85. The number of fused-ring (bicyclic) bond motifs is 1. The largest absolute Gasteiger partial charge is 0.492 e. The number of anilines is 2. The van der Waals surface area contributed by atoms with Crippen LogP contribution in [0.4, 0.5) is 15.8 Å². The molecule has 4 rings (SSSR count). The van der Waals surface area contributed by atoms with Gasteiger partial charge in [-0.1, -0.05) is 38.1 Å². The van der Waals surface area contributed by atoms with E-state index in [0.717, 1.165) is 55.9 Å². The molecule has 1 amide bonds. The second-order valence-corrected chi connectivity index (χ2v) is 9.39. The van der Waals surface area contributed by atoms with E-state index in [1.807, 2.05) is 48.3 Å². The monoisotopic (exact) mass is 479 g/mol. The second-order valence-electron chi connectivity index (χ2n) is 9.39. The quantitative estimate of drug-likeness (QED) is 0.466. The Hall–Kier alpha value is -3.16. The molecule has 0 atom stereocenters. The van der Waals surface area contributed by atoms with E-state index >= 15 is 0 Å². The molecular formula is C28H34FN3O3. The van der Waals surface area contributed by atoms with E-state index in [4.69, 9.17) is 9.47 Å². The van der Waals surface area contributed by atoms with Gasteiger partial charge in [0, 0.05) is 60.9 Å². The van der Waals surface area contributed by atoms with Gasteiger partial charge >= 0.3 is 0 Å². The van der Waals surface area contributed by atoms with Crippen molar-refractivity contribution in [2.45, 2.75) is 13.8 Å². The standard InChI is InChI=1S/C28H34FN3O3/c1-20(2)19-31(3)23-17-21(16-22(29)18-23)28(33)30-26-8-9-27(25-7-5-4-6-24(25)26)35-15-12-32-10-13-34-14-11-32/h4-9,16-18,20H,10-15,19H2,1-3H3,(H,30,33). The number of morpholine rings is 1. The number of amides is 1. The number of nitrogens with one attached hydrogen (secondary N) is 1. The zero-order valence-electron chi connectivity index (χ0n) is 20.7. The maximum absolute atomic E-state index is 14.3. The van der Waals surface area contributed by atoms with Crippen LogP contribution in [-0.2, 0) is 4.74 Å². The molecule has 0 unspecified atom stereocenters. The van der Waals surface area contributed by atoms with E-state index in [2.05, 4.69) is 24.1 Å². The molecule has 1 aliphatic heterocycles. The lowest BCUT2D eigenvalue weighted by Crippen LogP contribution is -2.38. The van der Waals surface area contributed by atoms with Crippen molar-refractivity contribution in [2.24, 2.45) is 5.92 Å². The van der Waals surface area contributed by atoms with Crippen LogP contribution in [0.5, 0.6) is 5.75 Å². The Bertz CT molecular complexity index is 1160. The highest BCUT2D eigenvalue weighted by Gasteiger charge is 2.15. The summed E-state index contributed by atoms with van der Waals surface area (Å²) in [6, 6.07) is 16.0. The lowest BCUT2D eigenvalue weighted by molar-refractivity contribution is 0.0323. The number of nitrogens with zero attached hydrogens (tertiary/aromatic N) is 2. The van der Waals surface area contributed by atoms with E-state index < -0.39 is 5.82 Å². The Kier molecular flexibility index (Phi) is 8.21. The van der Waals surface area contributed by atoms with E-state index in [-0.39, 0.29) is 11.5 Å². The fourth-order valence-corrected chi connectivity index (χ4v) is 4.39. The first-order valence-electron chi connectivity index (χ1n) is 12.2. The summed E-state index contributed by atoms with van der Waals surface area (Å²) in [5.74, 6) is 0.406. The van der Waals surface area contributed by atoms with Crippen molar-refractivity contribution in [1.82, 2.24) is 4.90 Å². The smallest absolute Gasteiger partial charge is 0.255 e. The van der Waals surface area contributed by atoms with Crippen molar-refractivity contribution < 1.29 is 18.7 Å². The molecule has 1 N–H and O–H groups in total. The van der Waals surface area contributed by atoms with Gasteiger partial charge in [-0.2, -0.15) is 0 Å². The Morgan fingerprint density at radius 2 is 1.86 bits per heavy atom. The Balaban J connectivity index is 1.50. The predicted octanol–water partition coefficient (Wildman–Crippen LogP) is 5.03. The number of ether oxygens (including phenoxy) is 2. The van der Waals surface area contributed by atoms with Crippen LogP contribution in [0.25, 0.3) is 10.8 Å². The van der Waals surface area contributed by atoms with Crippen LogP contribution < -0.4 is 15.0 Å². The number of carbonyl (C=O) groups excluding carboxylic acids is 1. The third-order valence-corrected chi connectivity index (χ3v) is 6.13. The predicted molar refractivity (Wildman–Crippen MR) is 139 cm³/mol. The van der Waals surface area contributed by atoms with Crippen LogP contribution in [-0.4, -0.2) is 63.9 Å².